The van der Waals surface area contributed by atoms with Crippen LogP contribution in [0.25, 0.3) is 5.65 Å². The molecule has 0 aromatic carbocycles. The fraction of sp³-hybridized carbons (Fsp3) is 0.429. The molecule has 0 unspecified atom stereocenters. The lowest BCUT2D eigenvalue weighted by Gasteiger charge is -2.21. The predicted octanol–water partition coefficient (Wildman–Crippen LogP) is 2.91. The summed E-state index contributed by atoms with van der Waals surface area (Å²) in [5, 5.41) is 28.7. The summed E-state index contributed by atoms with van der Waals surface area (Å²) in [5.41, 5.74) is 0.174. The van der Waals surface area contributed by atoms with Crippen molar-refractivity contribution in [1.29, 1.82) is 0 Å². The zero-order chi connectivity index (χ0) is 25.0. The Kier molecular flexibility index (Phi) is 7.89. The molecule has 0 bridgehead atoms. The molecule has 0 spiro atoms. The summed E-state index contributed by atoms with van der Waals surface area (Å²) in [6.45, 7) is 7.27. The number of aliphatic hydroxyl groups excluding tert-OH is 1. The Labute approximate surface area is 203 Å². The van der Waals surface area contributed by atoms with Gasteiger partial charge in [0.2, 0.25) is 5.88 Å². The maximum absolute atomic E-state index is 13.9. The van der Waals surface area contributed by atoms with Gasteiger partial charge in [0.05, 0.1) is 29.0 Å². The average molecular weight is 541 g/mol. The lowest BCUT2D eigenvalue weighted by Crippen LogP contribution is -2.37. The van der Waals surface area contributed by atoms with Gasteiger partial charge in [0.15, 0.2) is 11.9 Å². The molecule has 3 heterocycles. The summed E-state index contributed by atoms with van der Waals surface area (Å²) in [5.74, 6) is -0.00203. The van der Waals surface area contributed by atoms with E-state index in [4.69, 9.17) is 9.47 Å². The van der Waals surface area contributed by atoms with Crippen molar-refractivity contribution >= 4 is 33.5 Å². The number of aliphatic hydroxyl groups is 2. The van der Waals surface area contributed by atoms with Crippen LogP contribution in [-0.2, 0) is 11.3 Å². The number of rotatable bonds is 8. The van der Waals surface area contributed by atoms with Gasteiger partial charge in [0, 0.05) is 18.3 Å². The van der Waals surface area contributed by atoms with E-state index in [9.17, 15) is 19.4 Å². The van der Waals surface area contributed by atoms with Crippen LogP contribution in [0.3, 0.4) is 0 Å². The first-order valence-electron chi connectivity index (χ1n) is 10.3. The SMILES string of the molecule is C[C@@H](CNC(=O)OC(C)(C)C)Oc1ncc(F)cc1CNc1nc2c(C(O)O)cnn2cc1Br. The van der Waals surface area contributed by atoms with E-state index in [2.05, 4.69) is 41.6 Å². The van der Waals surface area contributed by atoms with E-state index in [0.29, 0.717) is 15.9 Å². The van der Waals surface area contributed by atoms with Gasteiger partial charge < -0.3 is 30.3 Å². The second-order valence-corrected chi connectivity index (χ2v) is 9.32. The zero-order valence-corrected chi connectivity index (χ0v) is 20.6. The summed E-state index contributed by atoms with van der Waals surface area (Å²) in [6.07, 6.45) is 1.15. The molecule has 0 aliphatic heterocycles. The van der Waals surface area contributed by atoms with E-state index >= 15 is 0 Å². The molecule has 1 atom stereocenters. The standard InChI is InChI=1S/C21H26BrFN6O5/c1-11(6-26-20(32)34-21(2,3)4)33-18-12(5-13(23)8-25-18)7-24-16-15(22)10-29-17(28-16)14(9-27-29)19(30)31/h5,8-11,19,30-31H,6-7H2,1-4H3,(H,24,28)(H,26,32)/t11-/m0/s1. The minimum absolute atomic E-state index is 0.0965. The van der Waals surface area contributed by atoms with Crippen LogP contribution >= 0.6 is 15.9 Å². The number of aromatic nitrogens is 4. The summed E-state index contributed by atoms with van der Waals surface area (Å²) >= 11 is 3.38. The monoisotopic (exact) mass is 540 g/mol. The number of carbonyl (C=O) groups is 1. The molecule has 0 saturated heterocycles. The van der Waals surface area contributed by atoms with Crippen molar-refractivity contribution in [2.45, 2.75) is 52.2 Å². The van der Waals surface area contributed by atoms with E-state index in [-0.39, 0.29) is 30.2 Å². The van der Waals surface area contributed by atoms with Crippen LogP contribution in [0.4, 0.5) is 15.0 Å². The largest absolute Gasteiger partial charge is 0.473 e. The van der Waals surface area contributed by atoms with E-state index in [1.54, 1.807) is 33.9 Å². The average Bonchev–Trinajstić information content (AvgIpc) is 3.13. The molecule has 3 aromatic heterocycles. The zero-order valence-electron chi connectivity index (χ0n) is 19.0. The molecule has 11 nitrogen and oxygen atoms in total. The van der Waals surface area contributed by atoms with Crippen molar-refractivity contribution in [3.63, 3.8) is 0 Å². The van der Waals surface area contributed by atoms with Gasteiger partial charge in [0.1, 0.15) is 23.3 Å². The van der Waals surface area contributed by atoms with Crippen LogP contribution < -0.4 is 15.4 Å². The van der Waals surface area contributed by atoms with Crippen LogP contribution in [0, 0.1) is 5.82 Å². The normalized spacial score (nSPS) is 12.6. The molecular formula is C21H26BrFN6O5. The first-order chi connectivity index (χ1) is 15.9. The van der Waals surface area contributed by atoms with Crippen molar-refractivity contribution in [2.75, 3.05) is 11.9 Å². The number of pyridine rings is 1. The molecule has 184 valence electrons. The van der Waals surface area contributed by atoms with Gasteiger partial charge in [-0.25, -0.2) is 23.7 Å². The quantitative estimate of drug-likeness (QED) is 0.317. The predicted molar refractivity (Wildman–Crippen MR) is 124 cm³/mol. The molecule has 13 heteroatoms. The van der Waals surface area contributed by atoms with Crippen LogP contribution in [0.5, 0.6) is 5.88 Å². The number of hydrogen-bond acceptors (Lipinski definition) is 9. The van der Waals surface area contributed by atoms with Gasteiger partial charge in [-0.3, -0.25) is 0 Å². The number of fused-ring (bicyclic) bond motifs is 1. The van der Waals surface area contributed by atoms with Crippen molar-refractivity contribution < 1.29 is 28.9 Å². The number of carbonyl (C=O) groups excluding carboxylic acids is 1. The number of ether oxygens (including phenoxy) is 2. The summed E-state index contributed by atoms with van der Waals surface area (Å²) in [4.78, 5) is 20.2. The van der Waals surface area contributed by atoms with E-state index in [1.807, 2.05) is 0 Å². The molecule has 0 fully saturated rings. The molecular weight excluding hydrogens is 515 g/mol. The van der Waals surface area contributed by atoms with Gasteiger partial charge in [-0.15, -0.1) is 0 Å². The molecule has 3 aromatic rings. The van der Waals surface area contributed by atoms with Crippen molar-refractivity contribution in [2.24, 2.45) is 0 Å². The van der Waals surface area contributed by atoms with E-state index in [1.165, 1.54) is 16.8 Å². The summed E-state index contributed by atoms with van der Waals surface area (Å²) < 4.78 is 26.8. The number of halogens is 2. The Hall–Kier alpha value is -3.03. The highest BCUT2D eigenvalue weighted by molar-refractivity contribution is 9.10. The molecule has 34 heavy (non-hydrogen) atoms. The molecule has 3 rings (SSSR count). The van der Waals surface area contributed by atoms with Crippen molar-refractivity contribution in [3.8, 4) is 5.88 Å². The Morgan fingerprint density at radius 2 is 2.06 bits per heavy atom. The summed E-state index contributed by atoms with van der Waals surface area (Å²) in [7, 11) is 0. The molecule has 4 N–H and O–H groups in total. The number of anilines is 1. The third kappa shape index (κ3) is 6.74. The fourth-order valence-corrected chi connectivity index (χ4v) is 3.29. The Bertz CT molecular complexity index is 1170. The summed E-state index contributed by atoms with van der Waals surface area (Å²) in [6, 6.07) is 1.28. The minimum atomic E-state index is -1.73. The highest BCUT2D eigenvalue weighted by Gasteiger charge is 2.19. The van der Waals surface area contributed by atoms with Crippen LogP contribution in [0.15, 0.2) is 29.1 Å². The van der Waals surface area contributed by atoms with Gasteiger partial charge >= 0.3 is 6.09 Å². The van der Waals surface area contributed by atoms with E-state index in [0.717, 1.165) is 6.20 Å². The Morgan fingerprint density at radius 1 is 1.32 bits per heavy atom. The lowest BCUT2D eigenvalue weighted by molar-refractivity contribution is -0.0414. The molecule has 1 amide bonds. The molecule has 0 aliphatic rings. The molecule has 0 saturated carbocycles. The highest BCUT2D eigenvalue weighted by atomic mass is 79.9. The van der Waals surface area contributed by atoms with Gasteiger partial charge in [-0.2, -0.15) is 5.10 Å². The third-order valence-electron chi connectivity index (χ3n) is 4.34. The van der Waals surface area contributed by atoms with E-state index < -0.39 is 29.9 Å². The maximum atomic E-state index is 13.9. The number of amides is 1. The topological polar surface area (TPSA) is 143 Å². The first-order valence-corrected chi connectivity index (χ1v) is 11.1. The fourth-order valence-electron chi connectivity index (χ4n) is 2.87. The van der Waals surface area contributed by atoms with Crippen LogP contribution in [0.2, 0.25) is 0 Å². The highest BCUT2D eigenvalue weighted by Crippen LogP contribution is 2.26. The number of hydrogen-bond donors (Lipinski definition) is 4. The Morgan fingerprint density at radius 3 is 2.74 bits per heavy atom. The Balaban J connectivity index is 1.70. The number of nitrogens with zero attached hydrogens (tertiary/aromatic N) is 4. The lowest BCUT2D eigenvalue weighted by atomic mass is 10.2. The van der Waals surface area contributed by atoms with Gasteiger partial charge in [0.25, 0.3) is 0 Å². The maximum Gasteiger partial charge on any atom is 0.407 e. The minimum Gasteiger partial charge on any atom is -0.473 e. The van der Waals surface area contributed by atoms with Crippen LogP contribution in [0.1, 0.15) is 45.1 Å². The molecule has 0 radical (unpaired) electrons. The second-order valence-electron chi connectivity index (χ2n) is 8.46. The smallest absolute Gasteiger partial charge is 0.407 e. The van der Waals surface area contributed by atoms with Gasteiger partial charge in [-0.05, 0) is 49.7 Å². The first kappa shape index (κ1) is 25.6. The van der Waals surface area contributed by atoms with Gasteiger partial charge in [-0.1, -0.05) is 0 Å². The number of alkyl carbamates (subject to hydrolysis) is 1. The second kappa shape index (κ2) is 10.5. The van der Waals surface area contributed by atoms with Crippen LogP contribution in [-0.4, -0.2) is 54.1 Å². The van der Waals surface area contributed by atoms with Crippen molar-refractivity contribution in [1.82, 2.24) is 24.9 Å². The number of nitrogens with one attached hydrogen (secondary N) is 2. The molecule has 0 aliphatic carbocycles. The third-order valence-corrected chi connectivity index (χ3v) is 4.92. The van der Waals surface area contributed by atoms with Crippen molar-refractivity contribution in [3.05, 3.63) is 46.1 Å².